The SMILES string of the molecule is Cc1ccc(Nc2nc(Nc3cccc(C(F)(F)F)c3)nc3c2C(=O)CC(C)C3)cc1. The summed E-state index contributed by atoms with van der Waals surface area (Å²) in [5.74, 6) is 0.562. The van der Waals surface area contributed by atoms with E-state index in [1.807, 2.05) is 38.1 Å². The van der Waals surface area contributed by atoms with Crippen molar-refractivity contribution in [1.82, 2.24) is 9.97 Å². The first-order valence-corrected chi connectivity index (χ1v) is 9.91. The summed E-state index contributed by atoms with van der Waals surface area (Å²) in [5, 5.41) is 6.03. The van der Waals surface area contributed by atoms with Crippen molar-refractivity contribution in [2.24, 2.45) is 5.92 Å². The fourth-order valence-electron chi connectivity index (χ4n) is 3.59. The number of halogens is 3. The number of benzene rings is 2. The van der Waals surface area contributed by atoms with Gasteiger partial charge in [0.05, 0.1) is 16.8 Å². The van der Waals surface area contributed by atoms with Gasteiger partial charge in [-0.2, -0.15) is 18.2 Å². The molecule has 0 radical (unpaired) electrons. The lowest BCUT2D eigenvalue weighted by Crippen LogP contribution is -2.22. The Morgan fingerprint density at radius 1 is 0.968 bits per heavy atom. The van der Waals surface area contributed by atoms with Crippen molar-refractivity contribution >= 4 is 28.9 Å². The van der Waals surface area contributed by atoms with Gasteiger partial charge < -0.3 is 10.6 Å². The second-order valence-electron chi connectivity index (χ2n) is 7.85. The molecule has 0 aliphatic heterocycles. The summed E-state index contributed by atoms with van der Waals surface area (Å²) in [7, 11) is 0. The maximum atomic E-state index is 13.0. The first-order chi connectivity index (χ1) is 14.7. The third-order valence-electron chi connectivity index (χ3n) is 5.10. The molecule has 0 amide bonds. The molecule has 5 nitrogen and oxygen atoms in total. The number of alkyl halides is 3. The highest BCUT2D eigenvalue weighted by molar-refractivity contribution is 6.03. The molecular formula is C23H21F3N4O. The molecule has 1 heterocycles. The minimum atomic E-state index is -4.45. The Morgan fingerprint density at radius 3 is 2.42 bits per heavy atom. The van der Waals surface area contributed by atoms with Gasteiger partial charge in [-0.05, 0) is 49.6 Å². The van der Waals surface area contributed by atoms with E-state index in [0.29, 0.717) is 29.9 Å². The van der Waals surface area contributed by atoms with Crippen molar-refractivity contribution in [2.45, 2.75) is 32.9 Å². The van der Waals surface area contributed by atoms with Crippen LogP contribution >= 0.6 is 0 Å². The number of Topliss-reactive ketones (excluding diaryl/α,β-unsaturated/α-hetero) is 1. The van der Waals surface area contributed by atoms with Crippen LogP contribution in [0.1, 0.15) is 40.5 Å². The van der Waals surface area contributed by atoms with Crippen molar-refractivity contribution in [3.63, 3.8) is 0 Å². The average Bonchev–Trinajstić information content (AvgIpc) is 2.68. The molecule has 0 spiro atoms. The number of carbonyl (C=O) groups is 1. The number of anilines is 4. The van der Waals surface area contributed by atoms with E-state index in [4.69, 9.17) is 0 Å². The monoisotopic (exact) mass is 426 g/mol. The number of hydrogen-bond acceptors (Lipinski definition) is 5. The van der Waals surface area contributed by atoms with Crippen LogP contribution in [0.25, 0.3) is 0 Å². The van der Waals surface area contributed by atoms with Crippen molar-refractivity contribution in [2.75, 3.05) is 10.6 Å². The van der Waals surface area contributed by atoms with Crippen LogP contribution in [0, 0.1) is 12.8 Å². The van der Waals surface area contributed by atoms with Gasteiger partial charge in [-0.15, -0.1) is 0 Å². The van der Waals surface area contributed by atoms with E-state index in [1.54, 1.807) is 0 Å². The summed E-state index contributed by atoms with van der Waals surface area (Å²) < 4.78 is 39.1. The van der Waals surface area contributed by atoms with Crippen molar-refractivity contribution in [3.8, 4) is 0 Å². The van der Waals surface area contributed by atoms with E-state index in [2.05, 4.69) is 20.6 Å². The second kappa shape index (κ2) is 8.02. The lowest BCUT2D eigenvalue weighted by molar-refractivity contribution is -0.137. The molecule has 2 N–H and O–H groups in total. The van der Waals surface area contributed by atoms with Crippen LogP contribution in [0.5, 0.6) is 0 Å². The summed E-state index contributed by atoms with van der Waals surface area (Å²) in [6.45, 7) is 3.94. The van der Waals surface area contributed by atoms with Gasteiger partial charge in [0, 0.05) is 17.8 Å². The molecule has 0 bridgehead atoms. The van der Waals surface area contributed by atoms with Gasteiger partial charge in [-0.3, -0.25) is 4.79 Å². The normalized spacial score (nSPS) is 16.0. The van der Waals surface area contributed by atoms with Gasteiger partial charge in [0.25, 0.3) is 0 Å². The molecule has 4 rings (SSSR count). The fourth-order valence-corrected chi connectivity index (χ4v) is 3.59. The van der Waals surface area contributed by atoms with Crippen molar-refractivity contribution in [3.05, 3.63) is 70.9 Å². The molecule has 1 aliphatic rings. The topological polar surface area (TPSA) is 66.9 Å². The van der Waals surface area contributed by atoms with E-state index in [0.717, 1.165) is 23.4 Å². The van der Waals surface area contributed by atoms with Crippen LogP contribution in [-0.4, -0.2) is 15.8 Å². The minimum Gasteiger partial charge on any atom is -0.339 e. The van der Waals surface area contributed by atoms with Gasteiger partial charge in [-0.25, -0.2) is 4.98 Å². The van der Waals surface area contributed by atoms with Gasteiger partial charge in [0.2, 0.25) is 5.95 Å². The number of hydrogen-bond donors (Lipinski definition) is 2. The molecule has 1 unspecified atom stereocenters. The summed E-state index contributed by atoms with van der Waals surface area (Å²) >= 11 is 0. The number of nitrogens with zero attached hydrogens (tertiary/aromatic N) is 2. The predicted molar refractivity (Wildman–Crippen MR) is 113 cm³/mol. The lowest BCUT2D eigenvalue weighted by Gasteiger charge is -2.23. The van der Waals surface area contributed by atoms with Crippen LogP contribution in [0.2, 0.25) is 0 Å². The Labute approximate surface area is 177 Å². The zero-order chi connectivity index (χ0) is 22.2. The predicted octanol–water partition coefficient (Wildman–Crippen LogP) is 6.06. The zero-order valence-corrected chi connectivity index (χ0v) is 17.0. The average molecular weight is 426 g/mol. The first-order valence-electron chi connectivity index (χ1n) is 9.91. The second-order valence-corrected chi connectivity index (χ2v) is 7.85. The summed E-state index contributed by atoms with van der Waals surface area (Å²) in [6.07, 6.45) is -3.46. The highest BCUT2D eigenvalue weighted by Crippen LogP contribution is 2.33. The van der Waals surface area contributed by atoms with Gasteiger partial charge >= 0.3 is 6.18 Å². The Hall–Kier alpha value is -3.42. The van der Waals surface area contributed by atoms with Crippen LogP contribution in [0.3, 0.4) is 0 Å². The van der Waals surface area contributed by atoms with Crippen LogP contribution in [0.4, 0.5) is 36.3 Å². The fraction of sp³-hybridized carbons (Fsp3) is 0.261. The molecule has 1 aromatic heterocycles. The number of aromatic nitrogens is 2. The van der Waals surface area contributed by atoms with Crippen LogP contribution in [0.15, 0.2) is 48.5 Å². The van der Waals surface area contributed by atoms with Gasteiger partial charge in [0.15, 0.2) is 5.78 Å². The largest absolute Gasteiger partial charge is 0.416 e. The van der Waals surface area contributed by atoms with E-state index < -0.39 is 11.7 Å². The van der Waals surface area contributed by atoms with Gasteiger partial charge in [-0.1, -0.05) is 30.7 Å². The Bertz CT molecular complexity index is 1130. The van der Waals surface area contributed by atoms with Crippen LogP contribution < -0.4 is 10.6 Å². The molecule has 8 heteroatoms. The maximum Gasteiger partial charge on any atom is 0.416 e. The van der Waals surface area contributed by atoms with E-state index in [9.17, 15) is 18.0 Å². The number of rotatable bonds is 4. The van der Waals surface area contributed by atoms with Crippen molar-refractivity contribution in [1.29, 1.82) is 0 Å². The molecule has 0 saturated carbocycles. The molecular weight excluding hydrogens is 405 g/mol. The Morgan fingerprint density at radius 2 is 1.71 bits per heavy atom. The minimum absolute atomic E-state index is 0.0472. The number of carbonyl (C=O) groups excluding carboxylic acids is 1. The molecule has 0 saturated heterocycles. The highest BCUT2D eigenvalue weighted by atomic mass is 19.4. The number of aryl methyl sites for hydroxylation is 1. The molecule has 1 atom stereocenters. The molecule has 160 valence electrons. The summed E-state index contributed by atoms with van der Waals surface area (Å²) in [5.41, 5.74) is 2.31. The van der Waals surface area contributed by atoms with Crippen LogP contribution in [-0.2, 0) is 12.6 Å². The maximum absolute atomic E-state index is 13.0. The standard InChI is InChI=1S/C23H21F3N4O/c1-13-6-8-16(9-7-13)27-21-20-18(10-14(2)11-19(20)31)29-22(30-21)28-17-5-3-4-15(12-17)23(24,25)26/h3-9,12,14H,10-11H2,1-2H3,(H2,27,28,29,30). The Kier molecular flexibility index (Phi) is 5.39. The molecule has 2 aromatic carbocycles. The smallest absolute Gasteiger partial charge is 0.339 e. The van der Waals surface area contributed by atoms with E-state index in [1.165, 1.54) is 12.1 Å². The first kappa shape index (κ1) is 20.8. The number of ketones is 1. The molecule has 0 fully saturated rings. The highest BCUT2D eigenvalue weighted by Gasteiger charge is 2.31. The zero-order valence-electron chi connectivity index (χ0n) is 17.0. The van der Waals surface area contributed by atoms with E-state index in [-0.39, 0.29) is 23.3 Å². The quantitative estimate of drug-likeness (QED) is 0.531. The summed E-state index contributed by atoms with van der Waals surface area (Å²) in [6, 6.07) is 12.5. The molecule has 3 aromatic rings. The van der Waals surface area contributed by atoms with E-state index >= 15 is 0 Å². The summed E-state index contributed by atoms with van der Waals surface area (Å²) in [4.78, 5) is 21.6. The Balaban J connectivity index is 1.73. The van der Waals surface area contributed by atoms with Gasteiger partial charge in [0.1, 0.15) is 5.82 Å². The third kappa shape index (κ3) is 4.68. The van der Waals surface area contributed by atoms with Crippen molar-refractivity contribution < 1.29 is 18.0 Å². The number of fused-ring (bicyclic) bond motifs is 1. The number of nitrogens with one attached hydrogen (secondary N) is 2. The molecule has 1 aliphatic carbocycles. The third-order valence-corrected chi connectivity index (χ3v) is 5.10. The molecule has 31 heavy (non-hydrogen) atoms. The lowest BCUT2D eigenvalue weighted by atomic mass is 9.87.